The van der Waals surface area contributed by atoms with Crippen LogP contribution in [0.25, 0.3) is 0 Å². The smallest absolute Gasteiger partial charge is 0.303 e. The molecule has 0 fully saturated rings. The Balaban J connectivity index is 0. The van der Waals surface area contributed by atoms with Gasteiger partial charge >= 0.3 is 5.97 Å². The second-order valence-corrected chi connectivity index (χ2v) is 4.14. The zero-order valence-electron chi connectivity index (χ0n) is 10.9. The van der Waals surface area contributed by atoms with Crippen LogP contribution in [-0.2, 0) is 4.79 Å². The predicted molar refractivity (Wildman–Crippen MR) is 66.1 cm³/mol. The number of hydrogen-bond donors (Lipinski definition) is 1. The molecule has 0 aliphatic carbocycles. The maximum atomic E-state index is 9.37. The van der Waals surface area contributed by atoms with Crippen molar-refractivity contribution in [3.63, 3.8) is 0 Å². The molecule has 15 heavy (non-hydrogen) atoms. The summed E-state index contributed by atoms with van der Waals surface area (Å²) in [5.41, 5.74) is 0. The van der Waals surface area contributed by atoms with E-state index >= 15 is 0 Å². The van der Waals surface area contributed by atoms with Gasteiger partial charge in [-0.3, -0.25) is 4.79 Å². The number of carboxylic acid groups (broad SMARTS) is 1. The minimum absolute atomic E-state index is 0.222. The largest absolute Gasteiger partial charge is 0.481 e. The van der Waals surface area contributed by atoms with Gasteiger partial charge in [0.2, 0.25) is 0 Å². The Kier molecular flexibility index (Phi) is 15.2. The molecule has 0 saturated carbocycles. The van der Waals surface area contributed by atoms with Crippen LogP contribution in [0.1, 0.15) is 72.6 Å². The van der Waals surface area contributed by atoms with Crippen LogP contribution in [0, 0.1) is 5.92 Å². The molecule has 1 atom stereocenters. The van der Waals surface area contributed by atoms with Gasteiger partial charge in [-0.2, -0.15) is 0 Å². The molecule has 92 valence electrons. The van der Waals surface area contributed by atoms with Crippen molar-refractivity contribution >= 4 is 5.97 Å². The van der Waals surface area contributed by atoms with Gasteiger partial charge in [0.1, 0.15) is 0 Å². The first-order valence-electron chi connectivity index (χ1n) is 6.30. The summed E-state index contributed by atoms with van der Waals surface area (Å²) in [4.78, 5) is 9.37. The highest BCUT2D eigenvalue weighted by molar-refractivity contribution is 5.66. The summed E-state index contributed by atoms with van der Waals surface area (Å²) in [5.74, 6) is 0.224. The highest BCUT2D eigenvalue weighted by Gasteiger charge is 1.98. The van der Waals surface area contributed by atoms with Crippen molar-refractivity contribution in [1.82, 2.24) is 0 Å². The van der Waals surface area contributed by atoms with Crippen LogP contribution in [0.2, 0.25) is 0 Å². The zero-order valence-corrected chi connectivity index (χ0v) is 10.9. The van der Waals surface area contributed by atoms with Crippen LogP contribution in [0.15, 0.2) is 0 Å². The molecule has 0 bridgehead atoms. The second kappa shape index (κ2) is 13.5. The topological polar surface area (TPSA) is 37.3 Å². The van der Waals surface area contributed by atoms with Crippen molar-refractivity contribution in [2.45, 2.75) is 72.6 Å². The summed E-state index contributed by atoms with van der Waals surface area (Å²) in [6.45, 7) is 8.52. The highest BCUT2D eigenvalue weighted by atomic mass is 16.4. The quantitative estimate of drug-likeness (QED) is 0.637. The van der Waals surface area contributed by atoms with Gasteiger partial charge in [0, 0.05) is 6.42 Å². The predicted octanol–water partition coefficient (Wildman–Crippen LogP) is 4.48. The molecule has 0 aromatic heterocycles. The number of carboxylic acids is 1. The fraction of sp³-hybridized carbons (Fsp3) is 0.923. The van der Waals surface area contributed by atoms with Gasteiger partial charge in [-0.25, -0.2) is 0 Å². The van der Waals surface area contributed by atoms with Gasteiger partial charge in [0.05, 0.1) is 0 Å². The van der Waals surface area contributed by atoms with Crippen LogP contribution in [-0.4, -0.2) is 11.1 Å². The maximum Gasteiger partial charge on any atom is 0.303 e. The standard InChI is InChI=1S/C10H22.C3H6O2/c1-4-6-7-9-10(3)8-5-2;1-2-3(4)5/h10H,4-9H2,1-3H3;2H2,1H3,(H,4,5). The molecule has 0 rings (SSSR count). The molecule has 0 heterocycles. The van der Waals surface area contributed by atoms with E-state index in [4.69, 9.17) is 5.11 Å². The lowest BCUT2D eigenvalue weighted by Crippen LogP contribution is -1.92. The van der Waals surface area contributed by atoms with Crippen LogP contribution in [0.5, 0.6) is 0 Å². The molecular weight excluding hydrogens is 188 g/mol. The monoisotopic (exact) mass is 216 g/mol. The molecule has 0 radical (unpaired) electrons. The summed E-state index contributed by atoms with van der Waals surface area (Å²) >= 11 is 0. The second-order valence-electron chi connectivity index (χ2n) is 4.14. The van der Waals surface area contributed by atoms with Crippen LogP contribution in [0.3, 0.4) is 0 Å². The third-order valence-electron chi connectivity index (χ3n) is 2.38. The van der Waals surface area contributed by atoms with E-state index in [1.54, 1.807) is 6.92 Å². The number of unbranched alkanes of at least 4 members (excludes halogenated alkanes) is 2. The molecule has 2 heteroatoms. The van der Waals surface area contributed by atoms with Crippen LogP contribution >= 0.6 is 0 Å². The first-order valence-corrected chi connectivity index (χ1v) is 6.30. The molecular formula is C13H28O2. The van der Waals surface area contributed by atoms with Gasteiger partial charge in [-0.05, 0) is 5.92 Å². The average molecular weight is 216 g/mol. The van der Waals surface area contributed by atoms with E-state index < -0.39 is 5.97 Å². The lowest BCUT2D eigenvalue weighted by atomic mass is 9.99. The Bertz CT molecular complexity index is 132. The Hall–Kier alpha value is -0.530. The Morgan fingerprint density at radius 3 is 1.93 bits per heavy atom. The summed E-state index contributed by atoms with van der Waals surface area (Å²) in [6, 6.07) is 0. The SMILES string of the molecule is CCC(=O)O.CCCCCC(C)CCC. The van der Waals surface area contributed by atoms with E-state index in [1.165, 1.54) is 38.5 Å². The van der Waals surface area contributed by atoms with E-state index in [1.807, 2.05) is 0 Å². The Morgan fingerprint density at radius 1 is 1.07 bits per heavy atom. The number of aliphatic carboxylic acids is 1. The number of rotatable bonds is 7. The summed E-state index contributed by atoms with van der Waals surface area (Å²) in [7, 11) is 0. The van der Waals surface area contributed by atoms with E-state index in [9.17, 15) is 4.79 Å². The average Bonchev–Trinajstić information content (AvgIpc) is 2.19. The normalized spacial score (nSPS) is 11.5. The van der Waals surface area contributed by atoms with Crippen LogP contribution in [0.4, 0.5) is 0 Å². The van der Waals surface area contributed by atoms with Crippen LogP contribution < -0.4 is 0 Å². The molecule has 0 aromatic rings. The van der Waals surface area contributed by atoms with Crippen molar-refractivity contribution in [2.24, 2.45) is 5.92 Å². The lowest BCUT2D eigenvalue weighted by Gasteiger charge is -2.07. The minimum Gasteiger partial charge on any atom is -0.481 e. The first kappa shape index (κ1) is 16.9. The van der Waals surface area contributed by atoms with Crippen molar-refractivity contribution in [1.29, 1.82) is 0 Å². The Labute approximate surface area is 95.1 Å². The number of carbonyl (C=O) groups is 1. The third kappa shape index (κ3) is 19.8. The molecule has 0 aliphatic heterocycles. The zero-order chi connectivity index (χ0) is 12.1. The maximum absolute atomic E-state index is 9.37. The lowest BCUT2D eigenvalue weighted by molar-refractivity contribution is -0.136. The minimum atomic E-state index is -0.745. The summed E-state index contributed by atoms with van der Waals surface area (Å²) < 4.78 is 0. The van der Waals surface area contributed by atoms with Crippen molar-refractivity contribution in [3.8, 4) is 0 Å². The third-order valence-corrected chi connectivity index (χ3v) is 2.38. The fourth-order valence-electron chi connectivity index (χ4n) is 1.38. The fourth-order valence-corrected chi connectivity index (χ4v) is 1.38. The molecule has 0 amide bonds. The van der Waals surface area contributed by atoms with E-state index in [2.05, 4.69) is 20.8 Å². The highest BCUT2D eigenvalue weighted by Crippen LogP contribution is 2.13. The van der Waals surface area contributed by atoms with Crippen molar-refractivity contribution in [3.05, 3.63) is 0 Å². The van der Waals surface area contributed by atoms with E-state index in [0.29, 0.717) is 0 Å². The molecule has 0 aromatic carbocycles. The molecule has 0 spiro atoms. The summed E-state index contributed by atoms with van der Waals surface area (Å²) in [5, 5.41) is 7.72. The van der Waals surface area contributed by atoms with Gasteiger partial charge in [0.15, 0.2) is 0 Å². The van der Waals surface area contributed by atoms with Gasteiger partial charge in [-0.15, -0.1) is 0 Å². The van der Waals surface area contributed by atoms with E-state index in [0.717, 1.165) is 5.92 Å². The van der Waals surface area contributed by atoms with Gasteiger partial charge in [0.25, 0.3) is 0 Å². The van der Waals surface area contributed by atoms with Gasteiger partial charge in [-0.1, -0.05) is 66.2 Å². The molecule has 0 aliphatic rings. The van der Waals surface area contributed by atoms with E-state index in [-0.39, 0.29) is 6.42 Å². The summed E-state index contributed by atoms with van der Waals surface area (Å²) in [6.07, 6.45) is 8.67. The first-order chi connectivity index (χ1) is 7.08. The van der Waals surface area contributed by atoms with Gasteiger partial charge < -0.3 is 5.11 Å². The number of hydrogen-bond acceptors (Lipinski definition) is 1. The Morgan fingerprint density at radius 2 is 1.60 bits per heavy atom. The molecule has 1 unspecified atom stereocenters. The molecule has 0 saturated heterocycles. The molecule has 1 N–H and O–H groups in total. The van der Waals surface area contributed by atoms with Crippen molar-refractivity contribution < 1.29 is 9.90 Å². The van der Waals surface area contributed by atoms with Crippen molar-refractivity contribution in [2.75, 3.05) is 0 Å². The molecule has 2 nitrogen and oxygen atoms in total.